The zero-order valence-electron chi connectivity index (χ0n) is 19.3. The van der Waals surface area contributed by atoms with Crippen LogP contribution >= 0.6 is 11.6 Å². The van der Waals surface area contributed by atoms with Gasteiger partial charge in [-0.1, -0.05) is 23.7 Å². The molecule has 3 aliphatic rings. The number of halogens is 1. The van der Waals surface area contributed by atoms with E-state index in [0.717, 1.165) is 69.2 Å². The van der Waals surface area contributed by atoms with E-state index in [0.29, 0.717) is 22.9 Å². The van der Waals surface area contributed by atoms with Gasteiger partial charge in [0.05, 0.1) is 16.5 Å². The Morgan fingerprint density at radius 2 is 1.82 bits per heavy atom. The van der Waals surface area contributed by atoms with Gasteiger partial charge in [0.1, 0.15) is 5.82 Å². The van der Waals surface area contributed by atoms with Crippen LogP contribution in [0.25, 0.3) is 11.1 Å². The normalized spacial score (nSPS) is 27.4. The molecule has 1 aromatic carbocycles. The first-order valence-corrected chi connectivity index (χ1v) is 12.5. The van der Waals surface area contributed by atoms with Crippen molar-refractivity contribution in [2.75, 3.05) is 24.5 Å². The summed E-state index contributed by atoms with van der Waals surface area (Å²) in [4.78, 5) is 33.8. The van der Waals surface area contributed by atoms with Crippen LogP contribution in [-0.2, 0) is 4.79 Å². The van der Waals surface area contributed by atoms with E-state index in [1.54, 1.807) is 18.3 Å². The van der Waals surface area contributed by atoms with E-state index in [-0.39, 0.29) is 23.5 Å². The van der Waals surface area contributed by atoms with Crippen molar-refractivity contribution in [1.82, 2.24) is 9.88 Å². The minimum Gasteiger partial charge on any atom is -0.393 e. The fourth-order valence-corrected chi connectivity index (χ4v) is 6.19. The van der Waals surface area contributed by atoms with Gasteiger partial charge in [-0.15, -0.1) is 0 Å². The standard InChI is InChI=1S/C26H31ClN4O3/c27-22-14-19(17-2-4-18(5-3-17)23(28)33)15-29-24(22)30-12-1-10-26(16-30)11-13-31(25(26)34)20-6-8-21(32)9-7-20/h2-5,14-15,20-21,32H,1,6-13,16H2,(H2,28,33)/t20-,21+,26-/m1/s1. The third-order valence-electron chi connectivity index (χ3n) is 7.85. The fraction of sp³-hybridized carbons (Fsp3) is 0.500. The highest BCUT2D eigenvalue weighted by Gasteiger charge is 2.51. The third kappa shape index (κ3) is 4.27. The quantitative estimate of drug-likeness (QED) is 0.693. The number of pyridine rings is 1. The average Bonchev–Trinajstić information content (AvgIpc) is 3.14. The van der Waals surface area contributed by atoms with Crippen LogP contribution in [0.2, 0.25) is 5.02 Å². The molecule has 0 radical (unpaired) electrons. The largest absolute Gasteiger partial charge is 0.393 e. The lowest BCUT2D eigenvalue weighted by Gasteiger charge is -2.41. The first kappa shape index (κ1) is 23.1. The first-order valence-electron chi connectivity index (χ1n) is 12.2. The number of benzene rings is 1. The van der Waals surface area contributed by atoms with E-state index < -0.39 is 5.91 Å². The van der Waals surface area contributed by atoms with E-state index >= 15 is 0 Å². The van der Waals surface area contributed by atoms with E-state index in [2.05, 4.69) is 14.8 Å². The first-order chi connectivity index (χ1) is 16.4. The molecular weight excluding hydrogens is 452 g/mol. The third-order valence-corrected chi connectivity index (χ3v) is 8.13. The second-order valence-corrected chi connectivity index (χ2v) is 10.4. The molecule has 1 saturated carbocycles. The maximum absolute atomic E-state index is 13.6. The number of hydrogen-bond acceptors (Lipinski definition) is 5. The summed E-state index contributed by atoms with van der Waals surface area (Å²) in [6, 6.07) is 9.20. The van der Waals surface area contributed by atoms with Crippen LogP contribution in [0, 0.1) is 5.41 Å². The molecule has 0 bridgehead atoms. The topological polar surface area (TPSA) is 99.8 Å². The number of rotatable bonds is 4. The number of carbonyl (C=O) groups excluding carboxylic acids is 2. The Morgan fingerprint density at radius 3 is 2.50 bits per heavy atom. The number of nitrogens with zero attached hydrogens (tertiary/aromatic N) is 3. The predicted molar refractivity (Wildman–Crippen MR) is 132 cm³/mol. The molecule has 3 N–H and O–H groups in total. The van der Waals surface area contributed by atoms with Gasteiger partial charge in [-0.25, -0.2) is 4.98 Å². The summed E-state index contributed by atoms with van der Waals surface area (Å²) >= 11 is 6.69. The van der Waals surface area contributed by atoms with Crippen LogP contribution < -0.4 is 10.6 Å². The summed E-state index contributed by atoms with van der Waals surface area (Å²) in [5, 5.41) is 10.4. The van der Waals surface area contributed by atoms with Gasteiger partial charge in [-0.3, -0.25) is 9.59 Å². The highest BCUT2D eigenvalue weighted by atomic mass is 35.5. The van der Waals surface area contributed by atoms with Crippen molar-refractivity contribution in [3.63, 3.8) is 0 Å². The zero-order chi connectivity index (χ0) is 23.9. The Balaban J connectivity index is 1.32. The number of carbonyl (C=O) groups is 2. The average molecular weight is 483 g/mol. The second-order valence-electron chi connectivity index (χ2n) is 9.99. The number of anilines is 1. The number of nitrogens with two attached hydrogens (primary N) is 1. The van der Waals surface area contributed by atoms with Crippen molar-refractivity contribution < 1.29 is 14.7 Å². The maximum Gasteiger partial charge on any atom is 0.248 e. The molecule has 180 valence electrons. The molecule has 0 unspecified atom stereocenters. The number of primary amides is 1. The lowest BCUT2D eigenvalue weighted by Crippen LogP contribution is -2.50. The van der Waals surface area contributed by atoms with Gasteiger partial charge in [-0.05, 0) is 68.7 Å². The molecule has 1 spiro atoms. The van der Waals surface area contributed by atoms with Gasteiger partial charge in [0, 0.05) is 43.0 Å². The van der Waals surface area contributed by atoms with E-state index in [1.165, 1.54) is 0 Å². The van der Waals surface area contributed by atoms with Gasteiger partial charge in [0.15, 0.2) is 0 Å². The highest BCUT2D eigenvalue weighted by molar-refractivity contribution is 6.33. The molecular formula is C26H31ClN4O3. The molecule has 1 atom stereocenters. The number of amides is 2. The minimum atomic E-state index is -0.460. The van der Waals surface area contributed by atoms with E-state index in [4.69, 9.17) is 17.3 Å². The predicted octanol–water partition coefficient (Wildman–Crippen LogP) is 3.62. The number of aliphatic hydroxyl groups excluding tert-OH is 1. The molecule has 34 heavy (non-hydrogen) atoms. The molecule has 8 heteroatoms. The number of piperidine rings is 1. The van der Waals surface area contributed by atoms with Gasteiger partial charge in [0.2, 0.25) is 11.8 Å². The van der Waals surface area contributed by atoms with Gasteiger partial charge in [-0.2, -0.15) is 0 Å². The molecule has 2 aliphatic heterocycles. The molecule has 3 heterocycles. The van der Waals surface area contributed by atoms with Crippen molar-refractivity contribution in [3.8, 4) is 11.1 Å². The summed E-state index contributed by atoms with van der Waals surface area (Å²) in [7, 11) is 0. The van der Waals surface area contributed by atoms with E-state index in [9.17, 15) is 14.7 Å². The molecule has 1 aromatic heterocycles. The van der Waals surface area contributed by atoms with Crippen molar-refractivity contribution in [3.05, 3.63) is 47.1 Å². The fourth-order valence-electron chi connectivity index (χ4n) is 5.91. The Kier molecular flexibility index (Phi) is 6.25. The Labute approximate surface area is 204 Å². The van der Waals surface area contributed by atoms with E-state index in [1.807, 2.05) is 18.2 Å². The van der Waals surface area contributed by atoms with Crippen molar-refractivity contribution in [2.45, 2.75) is 57.1 Å². The highest BCUT2D eigenvalue weighted by Crippen LogP contribution is 2.44. The SMILES string of the molecule is NC(=O)c1ccc(-c2cnc(N3CCC[C@@]4(CCN([C@H]5CC[C@@H](O)CC5)C4=O)C3)c(Cl)c2)cc1. The minimum absolute atomic E-state index is 0.217. The Hall–Kier alpha value is -2.64. The van der Waals surface area contributed by atoms with Crippen molar-refractivity contribution >= 4 is 29.2 Å². The van der Waals surface area contributed by atoms with Gasteiger partial charge in [0.25, 0.3) is 0 Å². The number of aliphatic hydroxyl groups is 1. The van der Waals surface area contributed by atoms with Crippen molar-refractivity contribution in [1.29, 1.82) is 0 Å². The zero-order valence-corrected chi connectivity index (χ0v) is 20.0. The summed E-state index contributed by atoms with van der Waals surface area (Å²) in [6.07, 6.45) is 7.61. The number of likely N-dealkylation sites (tertiary alicyclic amines) is 1. The summed E-state index contributed by atoms with van der Waals surface area (Å²) < 4.78 is 0. The summed E-state index contributed by atoms with van der Waals surface area (Å²) in [5.74, 6) is 0.518. The van der Waals surface area contributed by atoms with Gasteiger partial charge >= 0.3 is 0 Å². The number of hydrogen-bond donors (Lipinski definition) is 2. The van der Waals surface area contributed by atoms with Crippen LogP contribution in [-0.4, -0.2) is 58.6 Å². The molecule has 7 nitrogen and oxygen atoms in total. The second kappa shape index (κ2) is 9.19. The Bertz CT molecular complexity index is 1080. The monoisotopic (exact) mass is 482 g/mol. The van der Waals surface area contributed by atoms with Crippen molar-refractivity contribution in [2.24, 2.45) is 11.1 Å². The summed E-state index contributed by atoms with van der Waals surface area (Å²) in [5.41, 5.74) is 7.18. The molecule has 3 fully saturated rings. The molecule has 1 aliphatic carbocycles. The van der Waals surface area contributed by atoms with Crippen LogP contribution in [0.15, 0.2) is 36.5 Å². The number of aromatic nitrogens is 1. The summed E-state index contributed by atoms with van der Waals surface area (Å²) in [6.45, 7) is 2.26. The smallest absolute Gasteiger partial charge is 0.248 e. The lowest BCUT2D eigenvalue weighted by molar-refractivity contribution is -0.139. The molecule has 2 aromatic rings. The van der Waals surface area contributed by atoms with Crippen LogP contribution in [0.5, 0.6) is 0 Å². The van der Waals surface area contributed by atoms with Crippen LogP contribution in [0.3, 0.4) is 0 Å². The lowest BCUT2D eigenvalue weighted by atomic mass is 9.78. The van der Waals surface area contributed by atoms with Gasteiger partial charge < -0.3 is 20.6 Å². The molecule has 2 saturated heterocycles. The molecule has 5 rings (SSSR count). The van der Waals surface area contributed by atoms with Crippen LogP contribution in [0.4, 0.5) is 5.82 Å². The molecule has 2 amide bonds. The maximum atomic E-state index is 13.6. The Morgan fingerprint density at radius 1 is 1.09 bits per heavy atom. The van der Waals surface area contributed by atoms with Crippen LogP contribution in [0.1, 0.15) is 55.3 Å².